The third-order valence-corrected chi connectivity index (χ3v) is 6.64. The monoisotopic (exact) mass is 366 g/mol. The molecule has 0 aliphatic carbocycles. The normalized spacial score (nSPS) is 34.2. The zero-order valence-electron chi connectivity index (χ0n) is 16.1. The van der Waals surface area contributed by atoms with E-state index >= 15 is 0 Å². The van der Waals surface area contributed by atoms with Crippen LogP contribution in [0, 0.1) is 11.8 Å². The smallest absolute Gasteiger partial charge is 0.230 e. The molecule has 5 heteroatoms. The van der Waals surface area contributed by atoms with Crippen LogP contribution in [0.4, 0.5) is 0 Å². The zero-order chi connectivity index (χ0) is 19.0. The van der Waals surface area contributed by atoms with Crippen molar-refractivity contribution in [3.63, 3.8) is 0 Å². The lowest BCUT2D eigenvalue weighted by atomic mass is 9.76. The van der Waals surface area contributed by atoms with Crippen molar-refractivity contribution in [2.24, 2.45) is 11.8 Å². The molecule has 142 valence electrons. The van der Waals surface area contributed by atoms with Gasteiger partial charge in [0.2, 0.25) is 11.8 Å². The summed E-state index contributed by atoms with van der Waals surface area (Å²) in [6.45, 7) is 7.99. The Morgan fingerprint density at radius 1 is 1.22 bits per heavy atom. The highest BCUT2D eigenvalue weighted by Crippen LogP contribution is 2.53. The van der Waals surface area contributed by atoms with Gasteiger partial charge in [0, 0.05) is 18.6 Å². The molecule has 2 bridgehead atoms. The lowest BCUT2D eigenvalue weighted by Gasteiger charge is -2.35. The highest BCUT2D eigenvalue weighted by atomic mass is 16.5. The highest BCUT2D eigenvalue weighted by molar-refractivity contribution is 5.93. The number of nitrogens with zero attached hydrogens (tertiary/aromatic N) is 2. The molecule has 4 aliphatic heterocycles. The first kappa shape index (κ1) is 17.0. The van der Waals surface area contributed by atoms with E-state index in [-0.39, 0.29) is 23.5 Å². The molecule has 2 fully saturated rings. The third-order valence-electron chi connectivity index (χ3n) is 6.64. The van der Waals surface area contributed by atoms with E-state index in [1.165, 1.54) is 11.1 Å². The maximum absolute atomic E-state index is 13.5. The van der Waals surface area contributed by atoms with Crippen LogP contribution in [0.5, 0.6) is 0 Å². The van der Waals surface area contributed by atoms with E-state index in [1.807, 2.05) is 54.9 Å². The molecular weight excluding hydrogens is 340 g/mol. The van der Waals surface area contributed by atoms with Crippen molar-refractivity contribution >= 4 is 11.8 Å². The van der Waals surface area contributed by atoms with Gasteiger partial charge in [0.15, 0.2) is 0 Å². The number of hydrogen-bond donors (Lipinski definition) is 0. The van der Waals surface area contributed by atoms with E-state index in [0.717, 1.165) is 6.42 Å². The van der Waals surface area contributed by atoms with Gasteiger partial charge in [-0.05, 0) is 38.3 Å². The maximum atomic E-state index is 13.5. The molecule has 1 spiro atoms. The van der Waals surface area contributed by atoms with Crippen LogP contribution >= 0.6 is 0 Å². The van der Waals surface area contributed by atoms with Gasteiger partial charge in [-0.15, -0.1) is 0 Å². The van der Waals surface area contributed by atoms with Crippen LogP contribution in [0.15, 0.2) is 36.4 Å². The number of rotatable bonds is 1. The zero-order valence-corrected chi connectivity index (χ0v) is 16.1. The summed E-state index contributed by atoms with van der Waals surface area (Å²) in [4.78, 5) is 30.5. The van der Waals surface area contributed by atoms with Crippen LogP contribution in [0.3, 0.4) is 0 Å². The molecule has 4 heterocycles. The quantitative estimate of drug-likeness (QED) is 0.716. The molecule has 1 aromatic rings. The molecule has 4 aliphatic rings. The summed E-state index contributed by atoms with van der Waals surface area (Å²) in [7, 11) is 0. The minimum absolute atomic E-state index is 0.0603. The topological polar surface area (TPSA) is 49.9 Å². The number of likely N-dealkylation sites (tertiary alicyclic amines) is 1. The molecule has 2 saturated heterocycles. The standard InChI is InChI=1S/C22H26N2O3/c1-21(2,3)24-13-22-10-8-16(27-22)17(18(22)20(24)26)19(25)23-11-9-14-6-4-5-7-15(14)12-23/h4-8,10,16-18H,9,11-13H2,1-3H3/t16-,17?,18?,22-/m1/s1. The van der Waals surface area contributed by atoms with Crippen LogP contribution in [0.25, 0.3) is 0 Å². The Bertz CT molecular complexity index is 855. The molecule has 5 nitrogen and oxygen atoms in total. The van der Waals surface area contributed by atoms with Crippen LogP contribution in [0.1, 0.15) is 31.9 Å². The van der Waals surface area contributed by atoms with E-state index in [2.05, 4.69) is 12.1 Å². The fourth-order valence-corrected chi connectivity index (χ4v) is 5.24. The second-order valence-corrected chi connectivity index (χ2v) is 9.27. The summed E-state index contributed by atoms with van der Waals surface area (Å²) in [5, 5.41) is 0. The lowest BCUT2D eigenvalue weighted by Crippen LogP contribution is -2.48. The van der Waals surface area contributed by atoms with Crippen molar-refractivity contribution in [1.29, 1.82) is 0 Å². The summed E-state index contributed by atoms with van der Waals surface area (Å²) >= 11 is 0. The number of amides is 2. The first-order chi connectivity index (χ1) is 12.8. The minimum atomic E-state index is -0.622. The van der Waals surface area contributed by atoms with E-state index in [4.69, 9.17) is 4.74 Å². The van der Waals surface area contributed by atoms with E-state index in [0.29, 0.717) is 19.6 Å². The molecule has 0 saturated carbocycles. The molecule has 4 atom stereocenters. The summed E-state index contributed by atoms with van der Waals surface area (Å²) in [5.74, 6) is -0.670. The number of carbonyl (C=O) groups is 2. The Kier molecular flexibility index (Phi) is 3.43. The Labute approximate surface area is 160 Å². The van der Waals surface area contributed by atoms with Gasteiger partial charge < -0.3 is 14.5 Å². The molecule has 1 aromatic carbocycles. The van der Waals surface area contributed by atoms with Gasteiger partial charge in [-0.2, -0.15) is 0 Å². The average molecular weight is 366 g/mol. The van der Waals surface area contributed by atoms with Crippen molar-refractivity contribution in [2.45, 2.75) is 51.0 Å². The Hall–Kier alpha value is -2.14. The van der Waals surface area contributed by atoms with Crippen LogP contribution < -0.4 is 0 Å². The molecule has 0 radical (unpaired) electrons. The van der Waals surface area contributed by atoms with Crippen molar-refractivity contribution in [2.75, 3.05) is 13.1 Å². The molecule has 2 amide bonds. The summed E-state index contributed by atoms with van der Waals surface area (Å²) in [6.07, 6.45) is 4.62. The van der Waals surface area contributed by atoms with Crippen molar-refractivity contribution in [3.05, 3.63) is 47.5 Å². The molecule has 5 rings (SSSR count). The van der Waals surface area contributed by atoms with Crippen LogP contribution in [-0.4, -0.2) is 51.9 Å². The molecular formula is C22H26N2O3. The predicted octanol–water partition coefficient (Wildman–Crippen LogP) is 2.15. The number of fused-ring (bicyclic) bond motifs is 2. The molecule has 2 unspecified atom stereocenters. The van der Waals surface area contributed by atoms with Gasteiger partial charge in [0.25, 0.3) is 0 Å². The van der Waals surface area contributed by atoms with Gasteiger partial charge in [-0.25, -0.2) is 0 Å². The predicted molar refractivity (Wildman–Crippen MR) is 101 cm³/mol. The van der Waals surface area contributed by atoms with Crippen molar-refractivity contribution in [3.8, 4) is 0 Å². The second kappa shape index (κ2) is 5.44. The maximum Gasteiger partial charge on any atom is 0.230 e. The summed E-state index contributed by atoms with van der Waals surface area (Å²) in [5.41, 5.74) is 1.63. The molecule has 0 aromatic heterocycles. The lowest BCUT2D eigenvalue weighted by molar-refractivity contribution is -0.145. The highest BCUT2D eigenvalue weighted by Gasteiger charge is 2.68. The first-order valence-corrected chi connectivity index (χ1v) is 9.84. The number of hydrogen-bond acceptors (Lipinski definition) is 3. The van der Waals surface area contributed by atoms with Crippen molar-refractivity contribution < 1.29 is 14.3 Å². The minimum Gasteiger partial charge on any atom is -0.360 e. The largest absolute Gasteiger partial charge is 0.360 e. The van der Waals surface area contributed by atoms with Gasteiger partial charge in [0.05, 0.1) is 24.5 Å². The Morgan fingerprint density at radius 3 is 2.70 bits per heavy atom. The summed E-state index contributed by atoms with van der Waals surface area (Å²) in [6, 6.07) is 8.30. The fourth-order valence-electron chi connectivity index (χ4n) is 5.24. The van der Waals surface area contributed by atoms with Gasteiger partial charge in [0.1, 0.15) is 5.60 Å². The average Bonchev–Trinajstić information content (AvgIpc) is 3.28. The summed E-state index contributed by atoms with van der Waals surface area (Å²) < 4.78 is 6.25. The van der Waals surface area contributed by atoms with Crippen LogP contribution in [0.2, 0.25) is 0 Å². The van der Waals surface area contributed by atoms with Crippen molar-refractivity contribution in [1.82, 2.24) is 9.80 Å². The Morgan fingerprint density at radius 2 is 1.96 bits per heavy atom. The van der Waals surface area contributed by atoms with Crippen LogP contribution in [-0.2, 0) is 27.3 Å². The third kappa shape index (κ3) is 2.34. The number of ether oxygens (including phenoxy) is 1. The van der Waals surface area contributed by atoms with Gasteiger partial charge in [-0.3, -0.25) is 9.59 Å². The van der Waals surface area contributed by atoms with E-state index < -0.39 is 17.4 Å². The molecule has 27 heavy (non-hydrogen) atoms. The molecule has 0 N–H and O–H groups in total. The Balaban J connectivity index is 1.44. The van der Waals surface area contributed by atoms with Gasteiger partial charge >= 0.3 is 0 Å². The van der Waals surface area contributed by atoms with E-state index in [9.17, 15) is 9.59 Å². The first-order valence-electron chi connectivity index (χ1n) is 9.84. The fraction of sp³-hybridized carbons (Fsp3) is 0.545. The van der Waals surface area contributed by atoms with Gasteiger partial charge in [-0.1, -0.05) is 36.4 Å². The number of benzene rings is 1. The van der Waals surface area contributed by atoms with E-state index in [1.54, 1.807) is 0 Å². The SMILES string of the molecule is CC(C)(C)N1C[C@@]23C=C[C@@H](O2)C(C(=O)N2CCc4ccccc4C2)C3C1=O. The number of carbonyl (C=O) groups excluding carboxylic acids is 2. The second-order valence-electron chi connectivity index (χ2n) is 9.27.